The summed E-state index contributed by atoms with van der Waals surface area (Å²) >= 11 is 1.57. The Kier molecular flexibility index (Phi) is 2.22. The molecule has 0 bridgehead atoms. The van der Waals surface area contributed by atoms with Gasteiger partial charge in [-0.1, -0.05) is 0 Å². The molecule has 2 aromatic heterocycles. The number of hydrogen-bond donors (Lipinski definition) is 1. The fourth-order valence-electron chi connectivity index (χ4n) is 0.933. The Labute approximate surface area is 79.5 Å². The summed E-state index contributed by atoms with van der Waals surface area (Å²) in [6, 6.07) is 0. The summed E-state index contributed by atoms with van der Waals surface area (Å²) < 4.78 is 1.88. The maximum absolute atomic E-state index is 4.10. The van der Waals surface area contributed by atoms with Crippen LogP contribution in [-0.4, -0.2) is 19.7 Å². The molecule has 0 radical (unpaired) electrons. The van der Waals surface area contributed by atoms with E-state index >= 15 is 0 Å². The van der Waals surface area contributed by atoms with Crippen LogP contribution in [0.3, 0.4) is 0 Å². The third kappa shape index (κ3) is 1.83. The van der Waals surface area contributed by atoms with Crippen LogP contribution in [0.2, 0.25) is 0 Å². The van der Waals surface area contributed by atoms with Gasteiger partial charge in [0.1, 0.15) is 6.33 Å². The van der Waals surface area contributed by atoms with E-state index in [0.29, 0.717) is 6.54 Å². The van der Waals surface area contributed by atoms with Gasteiger partial charge in [-0.3, -0.25) is 0 Å². The van der Waals surface area contributed by atoms with Crippen molar-refractivity contribution in [2.45, 2.75) is 6.54 Å². The van der Waals surface area contributed by atoms with Gasteiger partial charge in [-0.2, -0.15) is 0 Å². The molecule has 2 rings (SSSR count). The van der Waals surface area contributed by atoms with E-state index in [-0.39, 0.29) is 0 Å². The first kappa shape index (κ1) is 8.18. The molecule has 2 aromatic rings. The minimum absolute atomic E-state index is 0.657. The minimum Gasteiger partial charge on any atom is -0.354 e. The van der Waals surface area contributed by atoms with Crippen LogP contribution in [-0.2, 0) is 13.6 Å². The van der Waals surface area contributed by atoms with E-state index in [2.05, 4.69) is 20.5 Å². The second kappa shape index (κ2) is 3.53. The number of anilines is 1. The van der Waals surface area contributed by atoms with Crippen molar-refractivity contribution in [2.75, 3.05) is 5.32 Å². The van der Waals surface area contributed by atoms with E-state index in [9.17, 15) is 0 Å². The Balaban J connectivity index is 1.97. The average molecular weight is 195 g/mol. The van der Waals surface area contributed by atoms with Crippen LogP contribution in [0.15, 0.2) is 17.9 Å². The Bertz CT molecular complexity index is 366. The largest absolute Gasteiger partial charge is 0.354 e. The molecule has 0 aliphatic carbocycles. The van der Waals surface area contributed by atoms with Crippen LogP contribution in [0.5, 0.6) is 0 Å². The summed E-state index contributed by atoms with van der Waals surface area (Å²) in [5.41, 5.74) is 0. The summed E-state index contributed by atoms with van der Waals surface area (Å²) in [6.07, 6.45) is 3.45. The van der Waals surface area contributed by atoms with Crippen molar-refractivity contribution in [1.29, 1.82) is 0 Å². The smallest absolute Gasteiger partial charge is 0.182 e. The van der Waals surface area contributed by atoms with Crippen LogP contribution < -0.4 is 5.32 Å². The van der Waals surface area contributed by atoms with Crippen molar-refractivity contribution >= 4 is 16.5 Å². The molecule has 1 N–H and O–H groups in total. The third-order valence-corrected chi connectivity index (χ3v) is 2.37. The average Bonchev–Trinajstić information content (AvgIpc) is 2.72. The van der Waals surface area contributed by atoms with E-state index < -0.39 is 0 Å². The first-order chi connectivity index (χ1) is 6.36. The van der Waals surface area contributed by atoms with Gasteiger partial charge in [-0.15, -0.1) is 21.5 Å². The van der Waals surface area contributed by atoms with Gasteiger partial charge in [-0.05, 0) is 0 Å². The zero-order valence-electron chi connectivity index (χ0n) is 7.14. The topological polar surface area (TPSA) is 55.6 Å². The van der Waals surface area contributed by atoms with Crippen LogP contribution in [0, 0.1) is 0 Å². The molecule has 68 valence electrons. The van der Waals surface area contributed by atoms with Crippen molar-refractivity contribution in [1.82, 2.24) is 19.7 Å². The molecule has 0 saturated heterocycles. The third-order valence-electron chi connectivity index (χ3n) is 1.64. The van der Waals surface area contributed by atoms with E-state index in [1.165, 1.54) is 0 Å². The molecule has 0 fully saturated rings. The molecule has 5 nitrogen and oxygen atoms in total. The predicted octanol–water partition coefficient (Wildman–Crippen LogP) is 0.884. The van der Waals surface area contributed by atoms with Gasteiger partial charge in [-0.25, -0.2) is 4.98 Å². The second-order valence-electron chi connectivity index (χ2n) is 2.55. The lowest BCUT2D eigenvalue weighted by molar-refractivity contribution is 0.812. The highest BCUT2D eigenvalue weighted by molar-refractivity contribution is 7.13. The van der Waals surface area contributed by atoms with Crippen LogP contribution >= 0.6 is 11.3 Å². The molecular weight excluding hydrogens is 186 g/mol. The molecule has 0 spiro atoms. The van der Waals surface area contributed by atoms with Crippen LogP contribution in [0.4, 0.5) is 5.13 Å². The maximum atomic E-state index is 4.10. The van der Waals surface area contributed by atoms with Crippen molar-refractivity contribution < 1.29 is 0 Å². The van der Waals surface area contributed by atoms with Crippen molar-refractivity contribution in [3.63, 3.8) is 0 Å². The van der Waals surface area contributed by atoms with Gasteiger partial charge in [0.2, 0.25) is 0 Å². The normalized spacial score (nSPS) is 10.2. The lowest BCUT2D eigenvalue weighted by Crippen LogP contribution is -2.05. The summed E-state index contributed by atoms with van der Waals surface area (Å²) in [4.78, 5) is 4.10. The summed E-state index contributed by atoms with van der Waals surface area (Å²) in [5, 5.41) is 13.7. The standard InChI is InChI=1S/C7H9N5S/c1-12-5-10-11-6(12)4-9-7-8-2-3-13-7/h2-3,5H,4H2,1H3,(H,8,9). The van der Waals surface area contributed by atoms with Gasteiger partial charge in [0, 0.05) is 18.6 Å². The highest BCUT2D eigenvalue weighted by Gasteiger charge is 2.00. The molecule has 0 amide bonds. The van der Waals surface area contributed by atoms with Gasteiger partial charge in [0.15, 0.2) is 11.0 Å². The first-order valence-electron chi connectivity index (χ1n) is 3.82. The Morgan fingerprint density at radius 3 is 3.15 bits per heavy atom. The summed E-state index contributed by atoms with van der Waals surface area (Å²) in [7, 11) is 1.92. The molecule has 0 aliphatic rings. The van der Waals surface area contributed by atoms with Gasteiger partial charge in [0.05, 0.1) is 6.54 Å². The number of aromatic nitrogens is 4. The zero-order chi connectivity index (χ0) is 9.10. The SMILES string of the molecule is Cn1cnnc1CNc1nccs1. The molecule has 0 saturated carbocycles. The minimum atomic E-state index is 0.657. The maximum Gasteiger partial charge on any atom is 0.182 e. The quantitative estimate of drug-likeness (QED) is 0.790. The number of thiazole rings is 1. The number of hydrogen-bond acceptors (Lipinski definition) is 5. The van der Waals surface area contributed by atoms with Crippen LogP contribution in [0.1, 0.15) is 5.82 Å². The molecule has 0 unspecified atom stereocenters. The number of aryl methyl sites for hydroxylation is 1. The molecule has 0 aromatic carbocycles. The highest BCUT2D eigenvalue weighted by atomic mass is 32.1. The van der Waals surface area contributed by atoms with Gasteiger partial charge < -0.3 is 9.88 Å². The van der Waals surface area contributed by atoms with E-state index in [4.69, 9.17) is 0 Å². The highest BCUT2D eigenvalue weighted by Crippen LogP contribution is 2.10. The Morgan fingerprint density at radius 2 is 2.54 bits per heavy atom. The summed E-state index contributed by atoms with van der Waals surface area (Å²) in [5.74, 6) is 0.898. The predicted molar refractivity (Wildman–Crippen MR) is 50.4 cm³/mol. The molecule has 13 heavy (non-hydrogen) atoms. The van der Waals surface area contributed by atoms with Crippen molar-refractivity contribution in [2.24, 2.45) is 7.05 Å². The molecule has 2 heterocycles. The van der Waals surface area contributed by atoms with Gasteiger partial charge in [0.25, 0.3) is 0 Å². The lowest BCUT2D eigenvalue weighted by Gasteiger charge is -2.00. The Hall–Kier alpha value is -1.43. The van der Waals surface area contributed by atoms with E-state index in [1.54, 1.807) is 23.9 Å². The van der Waals surface area contributed by atoms with E-state index in [0.717, 1.165) is 11.0 Å². The number of rotatable bonds is 3. The van der Waals surface area contributed by atoms with Crippen molar-refractivity contribution in [3.05, 3.63) is 23.7 Å². The van der Waals surface area contributed by atoms with Gasteiger partial charge >= 0.3 is 0 Å². The fourth-order valence-corrected chi connectivity index (χ4v) is 1.46. The number of nitrogens with one attached hydrogen (secondary N) is 1. The number of nitrogens with zero attached hydrogens (tertiary/aromatic N) is 4. The molecular formula is C7H9N5S. The molecule has 0 atom stereocenters. The molecule has 6 heteroatoms. The van der Waals surface area contributed by atoms with E-state index in [1.807, 2.05) is 17.0 Å². The zero-order valence-corrected chi connectivity index (χ0v) is 7.95. The van der Waals surface area contributed by atoms with Crippen molar-refractivity contribution in [3.8, 4) is 0 Å². The lowest BCUT2D eigenvalue weighted by atomic mass is 10.6. The summed E-state index contributed by atoms with van der Waals surface area (Å²) in [6.45, 7) is 0.657. The fraction of sp³-hybridized carbons (Fsp3) is 0.286. The monoisotopic (exact) mass is 195 g/mol. The van der Waals surface area contributed by atoms with Crippen LogP contribution in [0.25, 0.3) is 0 Å². The first-order valence-corrected chi connectivity index (χ1v) is 4.70. The second-order valence-corrected chi connectivity index (χ2v) is 3.44. The Morgan fingerprint density at radius 1 is 1.62 bits per heavy atom. The molecule has 0 aliphatic heterocycles.